The maximum Gasteiger partial charge on any atom is 0.316 e. The predicted octanol–water partition coefficient (Wildman–Crippen LogP) is 1.97. The molecule has 0 N–H and O–H groups in total. The van der Waals surface area contributed by atoms with Crippen molar-refractivity contribution >= 4 is 11.8 Å². The van der Waals surface area contributed by atoms with Crippen LogP contribution in [-0.2, 0) is 14.3 Å². The van der Waals surface area contributed by atoms with Crippen LogP contribution >= 0.6 is 0 Å². The Bertz CT molecular complexity index is 332. The van der Waals surface area contributed by atoms with E-state index in [0.29, 0.717) is 18.4 Å². The zero-order valence-corrected chi connectivity index (χ0v) is 9.81. The van der Waals surface area contributed by atoms with Gasteiger partial charge in [0.15, 0.2) is 0 Å². The molecule has 1 unspecified atom stereocenters. The Hall–Kier alpha value is -1.12. The second-order valence-corrected chi connectivity index (χ2v) is 4.76. The van der Waals surface area contributed by atoms with Gasteiger partial charge in [0.05, 0.1) is 6.61 Å². The number of rotatable bonds is 4. The first kappa shape index (κ1) is 11.4. The van der Waals surface area contributed by atoms with Crippen LogP contribution in [0.1, 0.15) is 26.7 Å². The number of carbonyl (C=O) groups excluding carboxylic acids is 2. The van der Waals surface area contributed by atoms with Crippen LogP contribution < -0.4 is 0 Å². The summed E-state index contributed by atoms with van der Waals surface area (Å²) >= 11 is 0. The molecule has 0 aromatic heterocycles. The number of hydrogen-bond acceptors (Lipinski definition) is 3. The highest BCUT2D eigenvalue weighted by Gasteiger charge is 2.42. The van der Waals surface area contributed by atoms with Gasteiger partial charge in [-0.2, -0.15) is 0 Å². The van der Waals surface area contributed by atoms with Gasteiger partial charge in [-0.25, -0.2) is 0 Å². The van der Waals surface area contributed by atoms with Crippen molar-refractivity contribution in [1.29, 1.82) is 0 Å². The highest BCUT2D eigenvalue weighted by atomic mass is 16.5. The molecule has 0 heterocycles. The third kappa shape index (κ3) is 1.91. The van der Waals surface area contributed by atoms with E-state index in [1.54, 1.807) is 13.8 Å². The quantitative estimate of drug-likeness (QED) is 0.415. The Morgan fingerprint density at radius 3 is 2.62 bits per heavy atom. The predicted molar refractivity (Wildman–Crippen MR) is 59.6 cm³/mol. The first-order valence-corrected chi connectivity index (χ1v) is 6.02. The fourth-order valence-corrected chi connectivity index (χ4v) is 2.81. The molecule has 0 saturated heterocycles. The zero-order valence-electron chi connectivity index (χ0n) is 9.81. The summed E-state index contributed by atoms with van der Waals surface area (Å²) in [5, 5.41) is 0. The highest BCUT2D eigenvalue weighted by molar-refractivity contribution is 6.00. The maximum atomic E-state index is 12.1. The number of Topliss-reactive ketones (excluding diaryl/α,β-unsaturated/α-hetero) is 1. The van der Waals surface area contributed by atoms with Gasteiger partial charge in [0, 0.05) is 5.92 Å². The van der Waals surface area contributed by atoms with Gasteiger partial charge < -0.3 is 4.74 Å². The number of esters is 1. The molecule has 88 valence electrons. The van der Waals surface area contributed by atoms with E-state index in [2.05, 4.69) is 12.2 Å². The SMILES string of the molecule is CCOC(=O)C(C)C(=O)[C@H]1C[C@@H]2C=C[C@H]1C2. The Labute approximate surface area is 95.9 Å². The van der Waals surface area contributed by atoms with E-state index in [1.807, 2.05) is 0 Å². The summed E-state index contributed by atoms with van der Waals surface area (Å²) in [5.41, 5.74) is 0. The first-order valence-electron chi connectivity index (χ1n) is 6.02. The van der Waals surface area contributed by atoms with E-state index >= 15 is 0 Å². The van der Waals surface area contributed by atoms with Crippen LogP contribution in [0.3, 0.4) is 0 Å². The van der Waals surface area contributed by atoms with Gasteiger partial charge in [-0.05, 0) is 38.5 Å². The average Bonchev–Trinajstić information content (AvgIpc) is 2.89. The molecule has 3 heteroatoms. The minimum absolute atomic E-state index is 0.0504. The summed E-state index contributed by atoms with van der Waals surface area (Å²) in [5.74, 6) is 0.0735. The van der Waals surface area contributed by atoms with Crippen molar-refractivity contribution in [3.63, 3.8) is 0 Å². The fraction of sp³-hybridized carbons (Fsp3) is 0.692. The number of ether oxygens (including phenoxy) is 1. The minimum Gasteiger partial charge on any atom is -0.465 e. The Morgan fingerprint density at radius 1 is 1.38 bits per heavy atom. The lowest BCUT2D eigenvalue weighted by molar-refractivity contribution is -0.152. The van der Waals surface area contributed by atoms with E-state index in [-0.39, 0.29) is 17.7 Å². The molecule has 0 aromatic rings. The van der Waals surface area contributed by atoms with E-state index in [1.165, 1.54) is 0 Å². The number of ketones is 1. The van der Waals surface area contributed by atoms with Gasteiger partial charge in [-0.1, -0.05) is 12.2 Å². The highest BCUT2D eigenvalue weighted by Crippen LogP contribution is 2.44. The van der Waals surface area contributed by atoms with E-state index in [9.17, 15) is 9.59 Å². The second kappa shape index (κ2) is 4.40. The summed E-state index contributed by atoms with van der Waals surface area (Å²) in [7, 11) is 0. The molecular weight excluding hydrogens is 204 g/mol. The van der Waals surface area contributed by atoms with Gasteiger partial charge in [0.1, 0.15) is 11.7 Å². The molecule has 3 nitrogen and oxygen atoms in total. The topological polar surface area (TPSA) is 43.4 Å². The lowest BCUT2D eigenvalue weighted by Gasteiger charge is -2.19. The minimum atomic E-state index is -0.599. The van der Waals surface area contributed by atoms with Crippen molar-refractivity contribution in [2.75, 3.05) is 6.61 Å². The van der Waals surface area contributed by atoms with E-state index in [0.717, 1.165) is 12.8 Å². The lowest BCUT2D eigenvalue weighted by atomic mass is 9.84. The molecule has 0 radical (unpaired) electrons. The van der Waals surface area contributed by atoms with Crippen molar-refractivity contribution in [1.82, 2.24) is 0 Å². The van der Waals surface area contributed by atoms with Crippen molar-refractivity contribution in [2.24, 2.45) is 23.7 Å². The largest absolute Gasteiger partial charge is 0.465 e. The number of carbonyl (C=O) groups is 2. The molecule has 0 amide bonds. The third-order valence-corrected chi connectivity index (χ3v) is 3.71. The Balaban J connectivity index is 1.97. The third-order valence-electron chi connectivity index (χ3n) is 3.71. The van der Waals surface area contributed by atoms with Crippen LogP contribution in [0.15, 0.2) is 12.2 Å². The molecule has 1 fully saturated rings. The summed E-state index contributed by atoms with van der Waals surface area (Å²) in [6.45, 7) is 3.76. The summed E-state index contributed by atoms with van der Waals surface area (Å²) in [6, 6.07) is 0. The van der Waals surface area contributed by atoms with Crippen LogP contribution in [0.25, 0.3) is 0 Å². The average molecular weight is 222 g/mol. The molecule has 0 aromatic carbocycles. The zero-order chi connectivity index (χ0) is 11.7. The molecule has 16 heavy (non-hydrogen) atoms. The standard InChI is InChI=1S/C13H18O3/c1-3-16-13(15)8(2)12(14)11-7-9-4-5-10(11)6-9/h4-5,8-11H,3,6-7H2,1-2H3/t8?,9-,10+,11+/m1/s1. The smallest absolute Gasteiger partial charge is 0.316 e. The molecule has 1 saturated carbocycles. The number of fused-ring (bicyclic) bond motifs is 2. The van der Waals surface area contributed by atoms with Crippen LogP contribution in [0.4, 0.5) is 0 Å². The molecule has 2 bridgehead atoms. The second-order valence-electron chi connectivity index (χ2n) is 4.76. The molecule has 2 rings (SSSR count). The van der Waals surface area contributed by atoms with Gasteiger partial charge in [-0.15, -0.1) is 0 Å². The van der Waals surface area contributed by atoms with Gasteiger partial charge in [0.2, 0.25) is 0 Å². The van der Waals surface area contributed by atoms with Crippen molar-refractivity contribution in [3.05, 3.63) is 12.2 Å². The number of hydrogen-bond donors (Lipinski definition) is 0. The molecule has 2 aliphatic rings. The van der Waals surface area contributed by atoms with Gasteiger partial charge >= 0.3 is 5.97 Å². The normalized spacial score (nSPS) is 32.8. The van der Waals surface area contributed by atoms with Crippen LogP contribution in [-0.4, -0.2) is 18.4 Å². The lowest BCUT2D eigenvalue weighted by Crippen LogP contribution is -2.31. The maximum absolute atomic E-state index is 12.1. The fourth-order valence-electron chi connectivity index (χ4n) is 2.81. The molecule has 2 aliphatic carbocycles. The van der Waals surface area contributed by atoms with Gasteiger partial charge in [-0.3, -0.25) is 9.59 Å². The first-order chi connectivity index (χ1) is 7.63. The molecular formula is C13H18O3. The number of allylic oxidation sites excluding steroid dienone is 2. The van der Waals surface area contributed by atoms with Crippen molar-refractivity contribution in [2.45, 2.75) is 26.7 Å². The summed E-state index contributed by atoms with van der Waals surface area (Å²) in [6.07, 6.45) is 6.34. The summed E-state index contributed by atoms with van der Waals surface area (Å²) < 4.78 is 4.89. The van der Waals surface area contributed by atoms with Gasteiger partial charge in [0.25, 0.3) is 0 Å². The molecule has 0 aliphatic heterocycles. The van der Waals surface area contributed by atoms with Crippen molar-refractivity contribution < 1.29 is 14.3 Å². The van der Waals surface area contributed by atoms with Crippen molar-refractivity contribution in [3.8, 4) is 0 Å². The molecule has 0 spiro atoms. The van der Waals surface area contributed by atoms with E-state index < -0.39 is 5.92 Å². The summed E-state index contributed by atoms with van der Waals surface area (Å²) in [4.78, 5) is 23.6. The monoisotopic (exact) mass is 222 g/mol. The van der Waals surface area contributed by atoms with Crippen LogP contribution in [0, 0.1) is 23.7 Å². The van der Waals surface area contributed by atoms with Crippen LogP contribution in [0.5, 0.6) is 0 Å². The Kier molecular flexibility index (Phi) is 3.13. The Morgan fingerprint density at radius 2 is 2.12 bits per heavy atom. The van der Waals surface area contributed by atoms with E-state index in [4.69, 9.17) is 4.74 Å². The van der Waals surface area contributed by atoms with Crippen LogP contribution in [0.2, 0.25) is 0 Å². The molecule has 4 atom stereocenters.